The van der Waals surface area contributed by atoms with E-state index in [1.165, 1.54) is 0 Å². The quantitative estimate of drug-likeness (QED) is 0.861. The van der Waals surface area contributed by atoms with Crippen molar-refractivity contribution in [3.8, 4) is 0 Å². The number of aryl methyl sites for hydroxylation is 1. The molecule has 1 atom stereocenters. The minimum absolute atomic E-state index is 0.0736. The van der Waals surface area contributed by atoms with Crippen LogP contribution in [0.1, 0.15) is 37.9 Å². The molecular weight excluding hydrogens is 276 g/mol. The van der Waals surface area contributed by atoms with E-state index >= 15 is 0 Å². The number of amides is 1. The number of thiazole rings is 1. The van der Waals surface area contributed by atoms with Crippen LogP contribution >= 0.6 is 11.3 Å². The molecule has 1 aromatic rings. The average Bonchev–Trinajstić information content (AvgIpc) is 2.93. The Bertz CT molecular complexity index is 467. The molecule has 2 rings (SSSR count). The first-order chi connectivity index (χ1) is 9.33. The average molecular weight is 298 g/mol. The Kier molecular flexibility index (Phi) is 4.65. The van der Waals surface area contributed by atoms with Crippen molar-refractivity contribution >= 4 is 17.4 Å². The van der Waals surface area contributed by atoms with Crippen LogP contribution in [-0.4, -0.2) is 40.8 Å². The van der Waals surface area contributed by atoms with Crippen LogP contribution in [-0.2, 0) is 16.1 Å². The topological polar surface area (TPSA) is 51.7 Å². The van der Waals surface area contributed by atoms with Gasteiger partial charge in [-0.25, -0.2) is 9.78 Å². The SMILES string of the molecule is Cc1nc(CO[C@@H]2CCN(C(=O)OC(C)(C)C)C2)cs1. The first-order valence-electron chi connectivity index (χ1n) is 6.84. The van der Waals surface area contributed by atoms with Crippen LogP contribution in [0.2, 0.25) is 0 Å². The molecule has 0 spiro atoms. The van der Waals surface area contributed by atoms with Gasteiger partial charge in [-0.15, -0.1) is 11.3 Å². The van der Waals surface area contributed by atoms with Gasteiger partial charge in [0, 0.05) is 11.9 Å². The number of hydrogen-bond acceptors (Lipinski definition) is 5. The van der Waals surface area contributed by atoms with Crippen molar-refractivity contribution in [1.29, 1.82) is 0 Å². The summed E-state index contributed by atoms with van der Waals surface area (Å²) in [6.45, 7) is 9.40. The van der Waals surface area contributed by atoms with Gasteiger partial charge in [-0.1, -0.05) is 0 Å². The molecule has 1 amide bonds. The Hall–Kier alpha value is -1.14. The van der Waals surface area contributed by atoms with Crippen LogP contribution in [0, 0.1) is 6.92 Å². The number of likely N-dealkylation sites (tertiary alicyclic amines) is 1. The van der Waals surface area contributed by atoms with E-state index < -0.39 is 5.60 Å². The number of carbonyl (C=O) groups excluding carboxylic acids is 1. The summed E-state index contributed by atoms with van der Waals surface area (Å²) in [5, 5.41) is 3.06. The highest BCUT2D eigenvalue weighted by Crippen LogP contribution is 2.18. The van der Waals surface area contributed by atoms with Gasteiger partial charge in [-0.2, -0.15) is 0 Å². The van der Waals surface area contributed by atoms with Gasteiger partial charge < -0.3 is 14.4 Å². The molecule has 0 radical (unpaired) electrons. The lowest BCUT2D eigenvalue weighted by atomic mass is 10.2. The number of aromatic nitrogens is 1. The maximum atomic E-state index is 11.9. The molecule has 0 aliphatic carbocycles. The lowest BCUT2D eigenvalue weighted by Crippen LogP contribution is -2.36. The Morgan fingerprint density at radius 1 is 1.55 bits per heavy atom. The van der Waals surface area contributed by atoms with E-state index in [9.17, 15) is 4.79 Å². The second-order valence-electron chi connectivity index (χ2n) is 6.01. The fourth-order valence-corrected chi connectivity index (χ4v) is 2.63. The molecule has 1 aromatic heterocycles. The van der Waals surface area contributed by atoms with Crippen molar-refractivity contribution in [2.45, 2.75) is 52.4 Å². The van der Waals surface area contributed by atoms with E-state index in [2.05, 4.69) is 4.98 Å². The number of hydrogen-bond donors (Lipinski definition) is 0. The molecule has 1 saturated heterocycles. The molecule has 2 heterocycles. The van der Waals surface area contributed by atoms with E-state index in [1.54, 1.807) is 16.2 Å². The van der Waals surface area contributed by atoms with Crippen LogP contribution in [0.15, 0.2) is 5.38 Å². The van der Waals surface area contributed by atoms with Gasteiger partial charge in [-0.05, 0) is 34.1 Å². The predicted molar refractivity (Wildman–Crippen MR) is 77.9 cm³/mol. The summed E-state index contributed by atoms with van der Waals surface area (Å²) in [6, 6.07) is 0. The molecule has 6 heteroatoms. The van der Waals surface area contributed by atoms with Gasteiger partial charge in [0.25, 0.3) is 0 Å². The molecule has 1 aliphatic rings. The van der Waals surface area contributed by atoms with Crippen LogP contribution in [0.4, 0.5) is 4.79 Å². The van der Waals surface area contributed by atoms with Gasteiger partial charge in [0.05, 0.1) is 30.0 Å². The minimum Gasteiger partial charge on any atom is -0.444 e. The fourth-order valence-electron chi connectivity index (χ4n) is 2.03. The fraction of sp³-hybridized carbons (Fsp3) is 0.714. The normalized spacial score (nSPS) is 19.4. The van der Waals surface area contributed by atoms with Gasteiger partial charge in [-0.3, -0.25) is 0 Å². The van der Waals surface area contributed by atoms with Crippen molar-refractivity contribution in [2.75, 3.05) is 13.1 Å². The van der Waals surface area contributed by atoms with E-state index in [1.807, 2.05) is 33.1 Å². The van der Waals surface area contributed by atoms with E-state index in [4.69, 9.17) is 9.47 Å². The lowest BCUT2D eigenvalue weighted by Gasteiger charge is -2.24. The van der Waals surface area contributed by atoms with E-state index in [0.717, 1.165) is 17.1 Å². The summed E-state index contributed by atoms with van der Waals surface area (Å²) in [4.78, 5) is 18.0. The first kappa shape index (κ1) is 15.3. The second-order valence-corrected chi connectivity index (χ2v) is 7.07. The van der Waals surface area contributed by atoms with Gasteiger partial charge in [0.15, 0.2) is 0 Å². The van der Waals surface area contributed by atoms with Gasteiger partial charge >= 0.3 is 6.09 Å². The third kappa shape index (κ3) is 4.45. The summed E-state index contributed by atoms with van der Waals surface area (Å²) in [7, 11) is 0. The number of ether oxygens (including phenoxy) is 2. The molecule has 0 unspecified atom stereocenters. The number of carbonyl (C=O) groups is 1. The zero-order valence-electron chi connectivity index (χ0n) is 12.5. The molecule has 5 nitrogen and oxygen atoms in total. The van der Waals surface area contributed by atoms with Gasteiger partial charge in [0.2, 0.25) is 0 Å². The summed E-state index contributed by atoms with van der Waals surface area (Å²) in [6.07, 6.45) is 0.667. The van der Waals surface area contributed by atoms with Crippen molar-refractivity contribution < 1.29 is 14.3 Å². The second kappa shape index (κ2) is 6.10. The predicted octanol–water partition coefficient (Wildman–Crippen LogP) is 2.98. The number of rotatable bonds is 3. The third-order valence-corrected chi connectivity index (χ3v) is 3.75. The Morgan fingerprint density at radius 3 is 2.90 bits per heavy atom. The van der Waals surface area contributed by atoms with Crippen molar-refractivity contribution in [3.05, 3.63) is 16.1 Å². The van der Waals surface area contributed by atoms with Crippen LogP contribution in [0.25, 0.3) is 0 Å². The van der Waals surface area contributed by atoms with Crippen molar-refractivity contribution in [3.63, 3.8) is 0 Å². The molecule has 0 saturated carbocycles. The Labute approximate surface area is 123 Å². The maximum Gasteiger partial charge on any atom is 0.410 e. The van der Waals surface area contributed by atoms with Crippen molar-refractivity contribution in [2.24, 2.45) is 0 Å². The van der Waals surface area contributed by atoms with Crippen LogP contribution < -0.4 is 0 Å². The Morgan fingerprint density at radius 2 is 2.30 bits per heavy atom. The van der Waals surface area contributed by atoms with E-state index in [-0.39, 0.29) is 12.2 Å². The standard InChI is InChI=1S/C14H22N2O3S/c1-10-15-11(9-20-10)8-18-12-5-6-16(7-12)13(17)19-14(2,3)4/h9,12H,5-8H2,1-4H3/t12-/m1/s1. The van der Waals surface area contributed by atoms with Gasteiger partial charge in [0.1, 0.15) is 5.60 Å². The molecule has 0 N–H and O–H groups in total. The summed E-state index contributed by atoms with van der Waals surface area (Å²) in [5.74, 6) is 0. The molecule has 1 aliphatic heterocycles. The summed E-state index contributed by atoms with van der Waals surface area (Å²) >= 11 is 1.62. The first-order valence-corrected chi connectivity index (χ1v) is 7.72. The largest absolute Gasteiger partial charge is 0.444 e. The lowest BCUT2D eigenvalue weighted by molar-refractivity contribution is 0.0180. The highest BCUT2D eigenvalue weighted by Gasteiger charge is 2.30. The van der Waals surface area contributed by atoms with Crippen molar-refractivity contribution in [1.82, 2.24) is 9.88 Å². The minimum atomic E-state index is -0.450. The zero-order valence-corrected chi connectivity index (χ0v) is 13.3. The monoisotopic (exact) mass is 298 g/mol. The highest BCUT2D eigenvalue weighted by atomic mass is 32.1. The summed E-state index contributed by atoms with van der Waals surface area (Å²) < 4.78 is 11.2. The molecule has 0 aromatic carbocycles. The molecular formula is C14H22N2O3S. The maximum absolute atomic E-state index is 11.9. The highest BCUT2D eigenvalue weighted by molar-refractivity contribution is 7.09. The third-order valence-electron chi connectivity index (χ3n) is 2.93. The zero-order chi connectivity index (χ0) is 14.8. The molecule has 1 fully saturated rings. The van der Waals surface area contributed by atoms with E-state index in [0.29, 0.717) is 19.7 Å². The molecule has 0 bridgehead atoms. The molecule has 20 heavy (non-hydrogen) atoms. The Balaban J connectivity index is 1.76. The van der Waals surface area contributed by atoms with Crippen LogP contribution in [0.5, 0.6) is 0 Å². The van der Waals surface area contributed by atoms with Crippen LogP contribution in [0.3, 0.4) is 0 Å². The smallest absolute Gasteiger partial charge is 0.410 e. The summed E-state index contributed by atoms with van der Waals surface area (Å²) in [5.41, 5.74) is 0.511. The number of nitrogens with zero attached hydrogens (tertiary/aromatic N) is 2. The molecule has 112 valence electrons.